The zero-order chi connectivity index (χ0) is 7.11. The number of hydrogen-bond donors (Lipinski definition) is 3. The molecule has 0 atom stereocenters. The second-order valence-electron chi connectivity index (χ2n) is 1.22. The molecule has 0 aliphatic carbocycles. The first kappa shape index (κ1) is 8.93. The lowest BCUT2D eigenvalue weighted by Gasteiger charge is -1.79. The van der Waals surface area contributed by atoms with Gasteiger partial charge in [-0.15, -0.1) is 0 Å². The summed E-state index contributed by atoms with van der Waals surface area (Å²) in [7, 11) is -0.528. The molecule has 1 aliphatic heterocycles. The van der Waals surface area contributed by atoms with Crippen molar-refractivity contribution in [3.05, 3.63) is 0 Å². The van der Waals surface area contributed by atoms with Crippen LogP contribution in [-0.4, -0.2) is 36.5 Å². The van der Waals surface area contributed by atoms with Gasteiger partial charge >= 0.3 is 14.8 Å². The lowest BCUT2D eigenvalue weighted by Crippen LogP contribution is -2.07. The molecule has 7 heteroatoms. The van der Waals surface area contributed by atoms with Gasteiger partial charge in [-0.25, -0.2) is 0 Å². The first-order valence-electron chi connectivity index (χ1n) is 2.37. The Bertz CT molecular complexity index is 44.6. The van der Waals surface area contributed by atoms with E-state index in [0.29, 0.717) is 0 Å². The summed E-state index contributed by atoms with van der Waals surface area (Å²) in [5, 5.41) is 21.5. The van der Waals surface area contributed by atoms with Gasteiger partial charge in [-0.2, -0.15) is 0 Å². The van der Waals surface area contributed by atoms with Crippen molar-refractivity contribution in [1.82, 2.24) is 0 Å². The lowest BCUT2D eigenvalue weighted by molar-refractivity contribution is -0.181. The molecular weight excluding hydrogens is 126 g/mol. The van der Waals surface area contributed by atoms with E-state index in [0.717, 1.165) is 12.9 Å². The van der Waals surface area contributed by atoms with E-state index in [2.05, 4.69) is 9.69 Å². The topological polar surface area (TPSA) is 79.2 Å². The third kappa shape index (κ3) is 11.5. The summed E-state index contributed by atoms with van der Waals surface area (Å²) in [6.07, 6.45) is 0.931. The van der Waals surface area contributed by atoms with Crippen molar-refractivity contribution in [2.24, 2.45) is 0 Å². The van der Waals surface area contributed by atoms with E-state index < -0.39 is 7.32 Å². The second-order valence-corrected chi connectivity index (χ2v) is 1.22. The van der Waals surface area contributed by atoms with Gasteiger partial charge in [-0.05, 0) is 6.32 Å². The van der Waals surface area contributed by atoms with Crippen LogP contribution in [0.15, 0.2) is 0 Å². The summed E-state index contributed by atoms with van der Waals surface area (Å²) >= 11 is 0. The average molecular weight is 133 g/mol. The van der Waals surface area contributed by atoms with Crippen molar-refractivity contribution in [3.8, 4) is 0 Å². The summed E-state index contributed by atoms with van der Waals surface area (Å²) < 4.78 is 0. The largest absolute Gasteiger partial charge is 0.631 e. The summed E-state index contributed by atoms with van der Waals surface area (Å²) in [6, 6.07) is 0. The Kier molecular flexibility index (Phi) is 6.01. The first-order valence-corrected chi connectivity index (χ1v) is 2.37. The maximum atomic E-state index is 7.17. The van der Waals surface area contributed by atoms with E-state index in [4.69, 9.17) is 15.1 Å². The fourth-order valence-electron chi connectivity index (χ4n) is 0.241. The maximum absolute atomic E-state index is 7.17. The molecule has 51 valence electrons. The van der Waals surface area contributed by atoms with E-state index in [-0.39, 0.29) is 0 Å². The van der Waals surface area contributed by atoms with Gasteiger partial charge in [0.1, 0.15) is 0 Å². The molecular formula is C2H7B2O5. The molecule has 1 aliphatic rings. The minimum atomic E-state index is -2.17. The van der Waals surface area contributed by atoms with Crippen LogP contribution in [0.4, 0.5) is 0 Å². The number of rotatable bonds is 0. The Morgan fingerprint density at radius 2 is 1.89 bits per heavy atom. The molecule has 5 nitrogen and oxygen atoms in total. The Labute approximate surface area is 53.6 Å². The van der Waals surface area contributed by atoms with Crippen LogP contribution in [0.2, 0.25) is 6.32 Å². The molecule has 0 aromatic carbocycles. The zero-order valence-corrected chi connectivity index (χ0v) is 4.73. The molecule has 1 saturated heterocycles. The minimum absolute atomic E-state index is 0.722. The smallest absolute Gasteiger partial charge is 0.402 e. The molecule has 9 heavy (non-hydrogen) atoms. The van der Waals surface area contributed by atoms with Gasteiger partial charge in [0.05, 0.1) is 6.61 Å². The van der Waals surface area contributed by atoms with Gasteiger partial charge in [0, 0.05) is 0 Å². The predicted molar refractivity (Wildman–Crippen MR) is 30.0 cm³/mol. The summed E-state index contributed by atoms with van der Waals surface area (Å²) in [5.74, 6) is 0. The Hall–Kier alpha value is -0.0701. The van der Waals surface area contributed by atoms with E-state index in [9.17, 15) is 0 Å². The molecule has 0 aromatic rings. The normalized spacial score (nSPS) is 15.4. The van der Waals surface area contributed by atoms with E-state index in [1.54, 1.807) is 7.48 Å². The van der Waals surface area contributed by atoms with Crippen LogP contribution in [0.3, 0.4) is 0 Å². The Balaban J connectivity index is 0.000000148. The fraction of sp³-hybridized carbons (Fsp3) is 1.00. The van der Waals surface area contributed by atoms with Crippen molar-refractivity contribution >= 4 is 14.8 Å². The van der Waals surface area contributed by atoms with Crippen LogP contribution in [0, 0.1) is 0 Å². The molecule has 1 heterocycles. The van der Waals surface area contributed by atoms with Gasteiger partial charge < -0.3 is 19.9 Å². The van der Waals surface area contributed by atoms with E-state index in [1.807, 2.05) is 0 Å². The van der Waals surface area contributed by atoms with Gasteiger partial charge in [-0.3, -0.25) is 4.89 Å². The molecule has 1 rings (SSSR count). The minimum Gasteiger partial charge on any atom is -0.402 e. The van der Waals surface area contributed by atoms with Crippen LogP contribution in [-0.2, 0) is 9.69 Å². The van der Waals surface area contributed by atoms with Gasteiger partial charge in [-0.1, -0.05) is 0 Å². The highest BCUT2D eigenvalue weighted by atomic mass is 17.2. The molecule has 0 spiro atoms. The van der Waals surface area contributed by atoms with Gasteiger partial charge in [0.15, 0.2) is 0 Å². The molecule has 0 unspecified atom stereocenters. The van der Waals surface area contributed by atoms with Crippen LogP contribution < -0.4 is 0 Å². The quantitative estimate of drug-likeness (QED) is 0.261. The molecule has 0 amide bonds. The first-order chi connectivity index (χ1) is 4.23. The lowest BCUT2D eigenvalue weighted by atomic mass is 9.99. The third-order valence-electron chi connectivity index (χ3n) is 0.455. The molecule has 3 N–H and O–H groups in total. The van der Waals surface area contributed by atoms with Gasteiger partial charge in [0.2, 0.25) is 0 Å². The third-order valence-corrected chi connectivity index (χ3v) is 0.455. The Morgan fingerprint density at radius 3 is 2.00 bits per heavy atom. The van der Waals surface area contributed by atoms with Crippen LogP contribution >= 0.6 is 0 Å². The second kappa shape index (κ2) is 6.06. The summed E-state index contributed by atoms with van der Waals surface area (Å²) in [5.41, 5.74) is 0. The highest BCUT2D eigenvalue weighted by molar-refractivity contribution is 6.30. The monoisotopic (exact) mass is 133 g/mol. The standard InChI is InChI=1S/C2H4BO2.BH3O3/c1-2-4-5-3-1;2-1(3)4/h1-2H2;2-4H. The SMILES string of the molecule is OB(O)O.[B]1CCOO1. The van der Waals surface area contributed by atoms with Gasteiger partial charge in [0.25, 0.3) is 0 Å². The van der Waals surface area contributed by atoms with Crippen molar-refractivity contribution in [2.45, 2.75) is 6.32 Å². The number of hydrogen-bond acceptors (Lipinski definition) is 5. The van der Waals surface area contributed by atoms with Crippen molar-refractivity contribution < 1.29 is 24.8 Å². The highest BCUT2D eigenvalue weighted by Gasteiger charge is 2.00. The summed E-state index contributed by atoms with van der Waals surface area (Å²) in [6.45, 7) is 0.722. The van der Waals surface area contributed by atoms with Crippen molar-refractivity contribution in [2.75, 3.05) is 6.61 Å². The molecule has 0 bridgehead atoms. The van der Waals surface area contributed by atoms with Crippen molar-refractivity contribution in [3.63, 3.8) is 0 Å². The molecule has 1 fully saturated rings. The molecule has 0 aromatic heterocycles. The zero-order valence-electron chi connectivity index (χ0n) is 4.73. The van der Waals surface area contributed by atoms with E-state index >= 15 is 0 Å². The van der Waals surface area contributed by atoms with Crippen LogP contribution in [0.25, 0.3) is 0 Å². The van der Waals surface area contributed by atoms with Crippen LogP contribution in [0.5, 0.6) is 0 Å². The van der Waals surface area contributed by atoms with Crippen LogP contribution in [0.1, 0.15) is 0 Å². The predicted octanol–water partition coefficient (Wildman–Crippen LogP) is -2.07. The maximum Gasteiger partial charge on any atom is 0.631 e. The van der Waals surface area contributed by atoms with E-state index in [1.165, 1.54) is 0 Å². The average Bonchev–Trinajstić information content (AvgIpc) is 2.11. The Morgan fingerprint density at radius 1 is 1.33 bits per heavy atom. The summed E-state index contributed by atoms with van der Waals surface area (Å²) in [4.78, 5) is 8.71. The molecule has 1 radical (unpaired) electrons. The highest BCUT2D eigenvalue weighted by Crippen LogP contribution is 1.91. The fourth-order valence-corrected chi connectivity index (χ4v) is 0.241. The molecule has 0 saturated carbocycles. The van der Waals surface area contributed by atoms with Crippen molar-refractivity contribution in [1.29, 1.82) is 0 Å².